The van der Waals surface area contributed by atoms with Crippen molar-refractivity contribution in [3.05, 3.63) is 28.8 Å². The predicted molar refractivity (Wildman–Crippen MR) is 70.3 cm³/mol. The summed E-state index contributed by atoms with van der Waals surface area (Å²) < 4.78 is 0. The van der Waals surface area contributed by atoms with Crippen LogP contribution in [0.2, 0.25) is 5.02 Å². The maximum absolute atomic E-state index is 6.26. The SMILES string of the molecule is CCN(C)c1c(Cl)cccc1CNC1CC1. The van der Waals surface area contributed by atoms with E-state index in [1.165, 1.54) is 24.1 Å². The molecule has 0 radical (unpaired) electrons. The Hall–Kier alpha value is -0.730. The Bertz CT molecular complexity index is 361. The summed E-state index contributed by atoms with van der Waals surface area (Å²) in [6.45, 7) is 4.03. The van der Waals surface area contributed by atoms with Crippen LogP contribution < -0.4 is 10.2 Å². The normalized spacial score (nSPS) is 15.2. The molecule has 0 aliphatic heterocycles. The molecule has 1 aromatic rings. The number of rotatable bonds is 5. The zero-order valence-electron chi connectivity index (χ0n) is 9.96. The lowest BCUT2D eigenvalue weighted by Gasteiger charge is -2.22. The van der Waals surface area contributed by atoms with Crippen molar-refractivity contribution in [1.82, 2.24) is 5.32 Å². The van der Waals surface area contributed by atoms with Crippen molar-refractivity contribution < 1.29 is 0 Å². The van der Waals surface area contributed by atoms with E-state index in [-0.39, 0.29) is 0 Å². The standard InChI is InChI=1S/C13H19ClN2/c1-3-16(2)13-10(5-4-6-12(13)14)9-15-11-7-8-11/h4-6,11,15H,3,7-9H2,1-2H3. The van der Waals surface area contributed by atoms with Gasteiger partial charge in [0, 0.05) is 26.2 Å². The Balaban J connectivity index is 2.16. The average Bonchev–Trinajstić information content (AvgIpc) is 3.09. The minimum absolute atomic E-state index is 0.735. The molecule has 1 aliphatic carbocycles. The van der Waals surface area contributed by atoms with Crippen molar-refractivity contribution in [3.63, 3.8) is 0 Å². The highest BCUT2D eigenvalue weighted by Crippen LogP contribution is 2.29. The Kier molecular flexibility index (Phi) is 3.72. The highest BCUT2D eigenvalue weighted by atomic mass is 35.5. The first-order valence-electron chi connectivity index (χ1n) is 5.94. The van der Waals surface area contributed by atoms with E-state index >= 15 is 0 Å². The summed E-state index contributed by atoms with van der Waals surface area (Å²) in [6, 6.07) is 6.88. The summed E-state index contributed by atoms with van der Waals surface area (Å²) in [5.74, 6) is 0. The number of hydrogen-bond donors (Lipinski definition) is 1. The first-order valence-corrected chi connectivity index (χ1v) is 6.32. The van der Waals surface area contributed by atoms with Crippen LogP contribution in [0.5, 0.6) is 0 Å². The fraction of sp³-hybridized carbons (Fsp3) is 0.538. The summed E-state index contributed by atoms with van der Waals surface area (Å²) in [6.07, 6.45) is 2.64. The Morgan fingerprint density at radius 2 is 2.19 bits per heavy atom. The smallest absolute Gasteiger partial charge is 0.0642 e. The number of halogens is 1. The maximum Gasteiger partial charge on any atom is 0.0642 e. The van der Waals surface area contributed by atoms with Gasteiger partial charge in [-0.05, 0) is 31.4 Å². The molecular formula is C13H19ClN2. The number of benzene rings is 1. The largest absolute Gasteiger partial charge is 0.373 e. The predicted octanol–water partition coefficient (Wildman–Crippen LogP) is 3.05. The van der Waals surface area contributed by atoms with E-state index < -0.39 is 0 Å². The van der Waals surface area contributed by atoms with E-state index in [0.29, 0.717) is 0 Å². The first-order chi connectivity index (χ1) is 7.72. The lowest BCUT2D eigenvalue weighted by molar-refractivity contribution is 0.686. The lowest BCUT2D eigenvalue weighted by Crippen LogP contribution is -2.21. The molecule has 0 aromatic heterocycles. The van der Waals surface area contributed by atoms with Gasteiger partial charge in [0.25, 0.3) is 0 Å². The first kappa shape index (κ1) is 11.7. The van der Waals surface area contributed by atoms with Crippen molar-refractivity contribution in [2.45, 2.75) is 32.4 Å². The Labute approximate surface area is 103 Å². The number of nitrogens with one attached hydrogen (secondary N) is 1. The van der Waals surface area contributed by atoms with Crippen LogP contribution in [0.1, 0.15) is 25.3 Å². The molecule has 2 nitrogen and oxygen atoms in total. The molecule has 2 rings (SSSR count). The van der Waals surface area contributed by atoms with E-state index in [2.05, 4.69) is 30.3 Å². The maximum atomic E-state index is 6.26. The van der Waals surface area contributed by atoms with E-state index in [0.717, 1.165) is 24.2 Å². The number of hydrogen-bond acceptors (Lipinski definition) is 2. The molecule has 0 spiro atoms. The molecule has 1 aromatic carbocycles. The number of nitrogens with zero attached hydrogens (tertiary/aromatic N) is 1. The Morgan fingerprint density at radius 3 is 2.81 bits per heavy atom. The lowest BCUT2D eigenvalue weighted by atomic mass is 10.1. The topological polar surface area (TPSA) is 15.3 Å². The van der Waals surface area contributed by atoms with Gasteiger partial charge in [-0.2, -0.15) is 0 Å². The summed E-state index contributed by atoms with van der Waals surface area (Å²) in [7, 11) is 2.09. The van der Waals surface area contributed by atoms with Gasteiger partial charge in [0.2, 0.25) is 0 Å². The molecule has 1 saturated carbocycles. The minimum Gasteiger partial charge on any atom is -0.373 e. The molecule has 3 heteroatoms. The van der Waals surface area contributed by atoms with E-state index in [1.807, 2.05) is 12.1 Å². The average molecular weight is 239 g/mol. The van der Waals surface area contributed by atoms with E-state index in [9.17, 15) is 0 Å². The molecule has 0 amide bonds. The minimum atomic E-state index is 0.735. The summed E-state index contributed by atoms with van der Waals surface area (Å²) in [4.78, 5) is 2.20. The monoisotopic (exact) mass is 238 g/mol. The van der Waals surface area contributed by atoms with Crippen molar-refractivity contribution in [3.8, 4) is 0 Å². The molecule has 0 saturated heterocycles. The zero-order valence-corrected chi connectivity index (χ0v) is 10.7. The van der Waals surface area contributed by atoms with Crippen LogP contribution in [0.3, 0.4) is 0 Å². The van der Waals surface area contributed by atoms with Gasteiger partial charge in [0.15, 0.2) is 0 Å². The molecule has 88 valence electrons. The molecule has 0 atom stereocenters. The van der Waals surface area contributed by atoms with Crippen molar-refractivity contribution in [2.24, 2.45) is 0 Å². The summed E-state index contributed by atoms with van der Waals surface area (Å²) >= 11 is 6.26. The molecule has 1 fully saturated rings. The third-order valence-corrected chi connectivity index (χ3v) is 3.39. The van der Waals surface area contributed by atoms with Gasteiger partial charge >= 0.3 is 0 Å². The third-order valence-electron chi connectivity index (χ3n) is 3.08. The molecule has 1 aliphatic rings. The van der Waals surface area contributed by atoms with Crippen molar-refractivity contribution in [1.29, 1.82) is 0 Å². The Morgan fingerprint density at radius 1 is 1.44 bits per heavy atom. The second kappa shape index (κ2) is 5.07. The van der Waals surface area contributed by atoms with Crippen LogP contribution in [-0.2, 0) is 6.54 Å². The third kappa shape index (κ3) is 2.69. The molecule has 16 heavy (non-hydrogen) atoms. The van der Waals surface area contributed by atoms with E-state index in [1.54, 1.807) is 0 Å². The van der Waals surface area contributed by atoms with E-state index in [4.69, 9.17) is 11.6 Å². The van der Waals surface area contributed by atoms with Gasteiger partial charge in [0.1, 0.15) is 0 Å². The molecule has 0 bridgehead atoms. The molecule has 0 unspecified atom stereocenters. The van der Waals surface area contributed by atoms with Crippen LogP contribution in [0.25, 0.3) is 0 Å². The highest BCUT2D eigenvalue weighted by molar-refractivity contribution is 6.33. The second-order valence-corrected chi connectivity index (χ2v) is 4.82. The molecule has 1 N–H and O–H groups in total. The van der Waals surface area contributed by atoms with Gasteiger partial charge in [0.05, 0.1) is 10.7 Å². The van der Waals surface area contributed by atoms with Gasteiger partial charge in [-0.3, -0.25) is 0 Å². The summed E-state index contributed by atoms with van der Waals surface area (Å²) in [5.41, 5.74) is 2.46. The number of anilines is 1. The van der Waals surface area contributed by atoms with Gasteiger partial charge < -0.3 is 10.2 Å². The van der Waals surface area contributed by atoms with Crippen LogP contribution in [-0.4, -0.2) is 19.6 Å². The van der Waals surface area contributed by atoms with Gasteiger partial charge in [-0.25, -0.2) is 0 Å². The highest BCUT2D eigenvalue weighted by Gasteiger charge is 2.21. The van der Waals surface area contributed by atoms with Crippen molar-refractivity contribution >= 4 is 17.3 Å². The summed E-state index contributed by atoms with van der Waals surface area (Å²) in [5, 5.41) is 4.38. The van der Waals surface area contributed by atoms with Crippen LogP contribution in [0.4, 0.5) is 5.69 Å². The fourth-order valence-corrected chi connectivity index (χ4v) is 2.17. The van der Waals surface area contributed by atoms with Gasteiger partial charge in [-0.1, -0.05) is 23.7 Å². The van der Waals surface area contributed by atoms with Crippen LogP contribution in [0, 0.1) is 0 Å². The molecular weight excluding hydrogens is 220 g/mol. The van der Waals surface area contributed by atoms with Crippen molar-refractivity contribution in [2.75, 3.05) is 18.5 Å². The molecule has 0 heterocycles. The van der Waals surface area contributed by atoms with Gasteiger partial charge in [-0.15, -0.1) is 0 Å². The van der Waals surface area contributed by atoms with Crippen LogP contribution in [0.15, 0.2) is 18.2 Å². The second-order valence-electron chi connectivity index (χ2n) is 4.42. The quantitative estimate of drug-likeness (QED) is 0.848. The fourth-order valence-electron chi connectivity index (χ4n) is 1.83. The zero-order chi connectivity index (χ0) is 11.5. The number of para-hydroxylation sites is 1. The van der Waals surface area contributed by atoms with Crippen LogP contribution >= 0.6 is 11.6 Å².